The molecule has 2 saturated heterocycles. The number of hydrogen-bond acceptors (Lipinski definition) is 4. The number of piperazine rings is 1. The maximum Gasteiger partial charge on any atom is 0.248 e. The molecule has 0 aliphatic carbocycles. The van der Waals surface area contributed by atoms with E-state index < -0.39 is 0 Å². The zero-order chi connectivity index (χ0) is 19.2. The van der Waals surface area contributed by atoms with Crippen molar-refractivity contribution in [2.45, 2.75) is 19.4 Å². The molecule has 2 aliphatic heterocycles. The van der Waals surface area contributed by atoms with Gasteiger partial charge < -0.3 is 19.4 Å². The molecule has 2 amide bonds. The summed E-state index contributed by atoms with van der Waals surface area (Å²) in [6, 6.07) is 7.46. The standard InChI is InChI=1S/C20H28ClN3O3/c1-22-10-12-24(13-11-22)20(26)16-6-8-23(9-7-16)19(25)15-27-14-17-4-2-3-5-18(17)21/h2-5,16H,6-15H2,1H3. The van der Waals surface area contributed by atoms with Crippen molar-refractivity contribution in [3.8, 4) is 0 Å². The van der Waals surface area contributed by atoms with E-state index in [0.717, 1.165) is 44.6 Å². The summed E-state index contributed by atoms with van der Waals surface area (Å²) in [6.45, 7) is 5.11. The molecule has 6 nitrogen and oxygen atoms in total. The van der Waals surface area contributed by atoms with Gasteiger partial charge in [-0.1, -0.05) is 29.8 Å². The number of ether oxygens (including phenoxy) is 1. The fourth-order valence-corrected chi connectivity index (χ4v) is 3.81. The Morgan fingerprint density at radius 2 is 1.70 bits per heavy atom. The lowest BCUT2D eigenvalue weighted by Gasteiger charge is -2.37. The highest BCUT2D eigenvalue weighted by molar-refractivity contribution is 6.31. The Hall–Kier alpha value is -1.63. The number of carbonyl (C=O) groups excluding carboxylic acids is 2. The largest absolute Gasteiger partial charge is 0.367 e. The molecule has 7 heteroatoms. The first-order valence-corrected chi connectivity index (χ1v) is 9.98. The van der Waals surface area contributed by atoms with Crippen LogP contribution in [0.15, 0.2) is 24.3 Å². The molecule has 1 aromatic carbocycles. The van der Waals surface area contributed by atoms with E-state index in [4.69, 9.17) is 16.3 Å². The molecule has 0 saturated carbocycles. The normalized spacial score (nSPS) is 19.3. The Kier molecular flexibility index (Phi) is 7.10. The number of benzene rings is 1. The molecule has 0 spiro atoms. The second-order valence-corrected chi connectivity index (χ2v) is 7.78. The van der Waals surface area contributed by atoms with Crippen LogP contribution in [-0.4, -0.2) is 79.4 Å². The van der Waals surface area contributed by atoms with Crippen LogP contribution in [-0.2, 0) is 20.9 Å². The van der Waals surface area contributed by atoms with E-state index in [1.807, 2.05) is 29.2 Å². The maximum absolute atomic E-state index is 12.7. The Balaban J connectivity index is 1.39. The third-order valence-electron chi connectivity index (χ3n) is 5.45. The molecule has 0 N–H and O–H groups in total. The van der Waals surface area contributed by atoms with E-state index in [0.29, 0.717) is 24.7 Å². The zero-order valence-electron chi connectivity index (χ0n) is 15.9. The van der Waals surface area contributed by atoms with Gasteiger partial charge in [0.25, 0.3) is 0 Å². The first kappa shape index (κ1) is 20.1. The van der Waals surface area contributed by atoms with Crippen molar-refractivity contribution < 1.29 is 14.3 Å². The van der Waals surface area contributed by atoms with Gasteiger partial charge in [-0.15, -0.1) is 0 Å². The molecule has 0 radical (unpaired) electrons. The molecule has 2 fully saturated rings. The molecule has 0 bridgehead atoms. The molecular formula is C20H28ClN3O3. The monoisotopic (exact) mass is 393 g/mol. The average Bonchev–Trinajstić information content (AvgIpc) is 2.69. The van der Waals surface area contributed by atoms with Gasteiger partial charge in [-0.3, -0.25) is 9.59 Å². The number of rotatable bonds is 5. The van der Waals surface area contributed by atoms with Crippen LogP contribution in [0.4, 0.5) is 0 Å². The number of nitrogens with zero attached hydrogens (tertiary/aromatic N) is 3. The number of likely N-dealkylation sites (tertiary alicyclic amines) is 1. The minimum Gasteiger partial charge on any atom is -0.367 e. The number of piperidine rings is 1. The van der Waals surface area contributed by atoms with Gasteiger partial charge in [-0.05, 0) is 31.5 Å². The third-order valence-corrected chi connectivity index (χ3v) is 5.82. The second kappa shape index (κ2) is 9.53. The summed E-state index contributed by atoms with van der Waals surface area (Å²) in [5.41, 5.74) is 0.878. The van der Waals surface area contributed by atoms with Crippen LogP contribution in [0.1, 0.15) is 18.4 Å². The minimum absolute atomic E-state index is 0.0208. The summed E-state index contributed by atoms with van der Waals surface area (Å²) in [4.78, 5) is 31.0. The lowest BCUT2D eigenvalue weighted by Crippen LogP contribution is -2.51. The lowest BCUT2D eigenvalue weighted by atomic mass is 9.95. The van der Waals surface area contributed by atoms with E-state index in [2.05, 4.69) is 11.9 Å². The summed E-state index contributed by atoms with van der Waals surface area (Å²) < 4.78 is 5.54. The predicted octanol–water partition coefficient (Wildman–Crippen LogP) is 1.87. The van der Waals surface area contributed by atoms with Gasteiger partial charge in [0.05, 0.1) is 6.61 Å². The van der Waals surface area contributed by atoms with Gasteiger partial charge in [0, 0.05) is 50.2 Å². The molecule has 27 heavy (non-hydrogen) atoms. The highest BCUT2D eigenvalue weighted by Gasteiger charge is 2.31. The molecule has 0 atom stereocenters. The van der Waals surface area contributed by atoms with Crippen molar-refractivity contribution in [2.24, 2.45) is 5.92 Å². The molecule has 2 aliphatic rings. The highest BCUT2D eigenvalue weighted by atomic mass is 35.5. The van der Waals surface area contributed by atoms with Crippen LogP contribution in [0.5, 0.6) is 0 Å². The van der Waals surface area contributed by atoms with Gasteiger partial charge in [0.15, 0.2) is 0 Å². The second-order valence-electron chi connectivity index (χ2n) is 7.37. The Morgan fingerprint density at radius 1 is 1.04 bits per heavy atom. The van der Waals surface area contributed by atoms with Gasteiger partial charge in [-0.25, -0.2) is 0 Å². The van der Waals surface area contributed by atoms with E-state index in [1.54, 1.807) is 4.90 Å². The number of amides is 2. The van der Waals surface area contributed by atoms with Crippen LogP contribution >= 0.6 is 11.6 Å². The van der Waals surface area contributed by atoms with Crippen LogP contribution in [0, 0.1) is 5.92 Å². The van der Waals surface area contributed by atoms with Gasteiger partial charge in [0.2, 0.25) is 11.8 Å². The van der Waals surface area contributed by atoms with Crippen molar-refractivity contribution in [2.75, 3.05) is 52.9 Å². The summed E-state index contributed by atoms with van der Waals surface area (Å²) in [5, 5.41) is 0.646. The topological polar surface area (TPSA) is 53.1 Å². The van der Waals surface area contributed by atoms with E-state index in [-0.39, 0.29) is 24.3 Å². The Morgan fingerprint density at radius 3 is 2.37 bits per heavy atom. The molecule has 0 unspecified atom stereocenters. The smallest absolute Gasteiger partial charge is 0.248 e. The molecular weight excluding hydrogens is 366 g/mol. The van der Waals surface area contributed by atoms with Gasteiger partial charge >= 0.3 is 0 Å². The summed E-state index contributed by atoms with van der Waals surface area (Å²) >= 11 is 6.09. The molecule has 148 valence electrons. The van der Waals surface area contributed by atoms with Gasteiger partial charge in [0.1, 0.15) is 6.61 Å². The summed E-state index contributed by atoms with van der Waals surface area (Å²) in [7, 11) is 2.08. The Bertz CT molecular complexity index is 654. The van der Waals surface area contributed by atoms with E-state index in [9.17, 15) is 9.59 Å². The number of carbonyl (C=O) groups is 2. The minimum atomic E-state index is -0.0208. The SMILES string of the molecule is CN1CCN(C(=O)C2CCN(C(=O)COCc3ccccc3Cl)CC2)CC1. The third kappa shape index (κ3) is 5.43. The Labute approximate surface area is 166 Å². The molecule has 3 rings (SSSR count). The van der Waals surface area contributed by atoms with E-state index >= 15 is 0 Å². The molecule has 2 heterocycles. The quantitative estimate of drug-likeness (QED) is 0.766. The van der Waals surface area contributed by atoms with Crippen LogP contribution in [0.3, 0.4) is 0 Å². The van der Waals surface area contributed by atoms with Gasteiger partial charge in [-0.2, -0.15) is 0 Å². The van der Waals surface area contributed by atoms with Crippen LogP contribution < -0.4 is 0 Å². The number of halogens is 1. The van der Waals surface area contributed by atoms with Crippen molar-refractivity contribution in [3.63, 3.8) is 0 Å². The van der Waals surface area contributed by atoms with Crippen LogP contribution in [0.25, 0.3) is 0 Å². The maximum atomic E-state index is 12.7. The first-order chi connectivity index (χ1) is 13.0. The number of likely N-dealkylation sites (N-methyl/N-ethyl adjacent to an activating group) is 1. The highest BCUT2D eigenvalue weighted by Crippen LogP contribution is 2.21. The zero-order valence-corrected chi connectivity index (χ0v) is 16.7. The molecule has 1 aromatic rings. The first-order valence-electron chi connectivity index (χ1n) is 9.61. The number of hydrogen-bond donors (Lipinski definition) is 0. The van der Waals surface area contributed by atoms with E-state index in [1.165, 1.54) is 0 Å². The van der Waals surface area contributed by atoms with Crippen molar-refractivity contribution in [3.05, 3.63) is 34.9 Å². The fraction of sp³-hybridized carbons (Fsp3) is 0.600. The molecule has 0 aromatic heterocycles. The average molecular weight is 394 g/mol. The lowest BCUT2D eigenvalue weighted by molar-refractivity contribution is -0.143. The van der Waals surface area contributed by atoms with Crippen molar-refractivity contribution in [1.82, 2.24) is 14.7 Å². The fourth-order valence-electron chi connectivity index (χ4n) is 3.62. The summed E-state index contributed by atoms with van der Waals surface area (Å²) in [5.74, 6) is 0.277. The predicted molar refractivity (Wildman–Crippen MR) is 104 cm³/mol. The van der Waals surface area contributed by atoms with Crippen molar-refractivity contribution in [1.29, 1.82) is 0 Å². The van der Waals surface area contributed by atoms with Crippen LogP contribution in [0.2, 0.25) is 5.02 Å². The summed E-state index contributed by atoms with van der Waals surface area (Å²) in [6.07, 6.45) is 1.48. The van der Waals surface area contributed by atoms with Crippen molar-refractivity contribution >= 4 is 23.4 Å².